The second kappa shape index (κ2) is 5.55. The van der Waals surface area contributed by atoms with Crippen LogP contribution >= 0.6 is 0 Å². The smallest absolute Gasteiger partial charge is 0.229 e. The predicted molar refractivity (Wildman–Crippen MR) is 85.7 cm³/mol. The number of likely N-dealkylation sites (tertiary alicyclic amines) is 1. The van der Waals surface area contributed by atoms with Crippen LogP contribution in [0.25, 0.3) is 10.9 Å². The first-order valence-corrected chi connectivity index (χ1v) is 8.06. The summed E-state index contributed by atoms with van der Waals surface area (Å²) in [5.41, 5.74) is 0.957. The molecule has 0 unspecified atom stereocenters. The van der Waals surface area contributed by atoms with Crippen LogP contribution < -0.4 is 4.90 Å². The van der Waals surface area contributed by atoms with Crippen LogP contribution in [0.4, 0.5) is 5.82 Å². The number of benzene rings is 1. The van der Waals surface area contributed by atoms with Crippen molar-refractivity contribution in [1.29, 1.82) is 0 Å². The van der Waals surface area contributed by atoms with E-state index < -0.39 is 0 Å². The van der Waals surface area contributed by atoms with Crippen LogP contribution in [-0.2, 0) is 4.79 Å². The van der Waals surface area contributed by atoms with Crippen LogP contribution in [0.2, 0.25) is 0 Å². The number of piperidine rings is 1. The second-order valence-electron chi connectivity index (χ2n) is 6.20. The Morgan fingerprint density at radius 1 is 1.05 bits per heavy atom. The number of carbonyl (C=O) groups excluding carboxylic acids is 1. The van der Waals surface area contributed by atoms with Crippen molar-refractivity contribution in [3.63, 3.8) is 0 Å². The van der Waals surface area contributed by atoms with Gasteiger partial charge in [-0.2, -0.15) is 0 Å². The first-order valence-electron chi connectivity index (χ1n) is 8.06. The molecule has 4 rings (SSSR count). The third-order valence-electron chi connectivity index (χ3n) is 4.72. The summed E-state index contributed by atoms with van der Waals surface area (Å²) < 4.78 is 0. The standard InChI is InChI=1S/C17H20N4O/c22-17(20-8-4-1-5-9-20)13-10-21(11-13)16-14-6-2-3-7-15(14)18-12-19-16/h2-3,6-7,12-13H,1,4-5,8-11H2. The van der Waals surface area contributed by atoms with E-state index in [2.05, 4.69) is 14.9 Å². The topological polar surface area (TPSA) is 49.3 Å². The molecule has 0 bridgehead atoms. The van der Waals surface area contributed by atoms with Gasteiger partial charge in [0.25, 0.3) is 0 Å². The van der Waals surface area contributed by atoms with E-state index in [0.717, 1.165) is 55.7 Å². The summed E-state index contributed by atoms with van der Waals surface area (Å²) in [4.78, 5) is 25.4. The molecule has 114 valence electrons. The van der Waals surface area contributed by atoms with Gasteiger partial charge < -0.3 is 9.80 Å². The third-order valence-corrected chi connectivity index (χ3v) is 4.72. The molecule has 1 aromatic carbocycles. The Labute approximate surface area is 130 Å². The minimum absolute atomic E-state index is 0.131. The molecule has 2 aromatic rings. The number of rotatable bonds is 2. The lowest BCUT2D eigenvalue weighted by molar-refractivity contribution is -0.137. The van der Waals surface area contributed by atoms with E-state index in [1.54, 1.807) is 6.33 Å². The summed E-state index contributed by atoms with van der Waals surface area (Å²) in [5.74, 6) is 1.41. The Morgan fingerprint density at radius 3 is 2.64 bits per heavy atom. The van der Waals surface area contributed by atoms with Crippen molar-refractivity contribution in [3.8, 4) is 0 Å². The van der Waals surface area contributed by atoms with Crippen LogP contribution in [-0.4, -0.2) is 47.0 Å². The molecule has 5 nitrogen and oxygen atoms in total. The largest absolute Gasteiger partial charge is 0.354 e. The van der Waals surface area contributed by atoms with Crippen molar-refractivity contribution in [2.45, 2.75) is 19.3 Å². The maximum absolute atomic E-state index is 12.5. The highest BCUT2D eigenvalue weighted by Gasteiger charge is 2.36. The zero-order chi connectivity index (χ0) is 14.9. The van der Waals surface area contributed by atoms with Gasteiger partial charge in [0, 0.05) is 31.6 Å². The van der Waals surface area contributed by atoms with Crippen molar-refractivity contribution in [2.75, 3.05) is 31.1 Å². The molecule has 0 radical (unpaired) electrons. The minimum Gasteiger partial charge on any atom is -0.354 e. The number of amides is 1. The maximum atomic E-state index is 12.5. The molecule has 0 N–H and O–H groups in total. The quantitative estimate of drug-likeness (QED) is 0.851. The molecule has 3 heterocycles. The van der Waals surface area contributed by atoms with Gasteiger partial charge in [-0.15, -0.1) is 0 Å². The van der Waals surface area contributed by atoms with E-state index >= 15 is 0 Å². The second-order valence-corrected chi connectivity index (χ2v) is 6.20. The van der Waals surface area contributed by atoms with Crippen LogP contribution in [0, 0.1) is 5.92 Å². The first-order chi connectivity index (χ1) is 10.8. The van der Waals surface area contributed by atoms with Gasteiger partial charge in [0.1, 0.15) is 12.1 Å². The molecule has 0 atom stereocenters. The van der Waals surface area contributed by atoms with Crippen molar-refractivity contribution in [1.82, 2.24) is 14.9 Å². The van der Waals surface area contributed by atoms with E-state index in [0.29, 0.717) is 5.91 Å². The number of fused-ring (bicyclic) bond motifs is 1. The van der Waals surface area contributed by atoms with Crippen LogP contribution in [0.1, 0.15) is 19.3 Å². The Bertz CT molecular complexity index is 685. The normalized spacial score (nSPS) is 19.3. The first kappa shape index (κ1) is 13.5. The van der Waals surface area contributed by atoms with Crippen molar-refractivity contribution in [3.05, 3.63) is 30.6 Å². The average Bonchev–Trinajstić information content (AvgIpc) is 2.54. The fourth-order valence-electron chi connectivity index (χ4n) is 3.42. The molecule has 2 saturated heterocycles. The van der Waals surface area contributed by atoms with Crippen molar-refractivity contribution in [2.24, 2.45) is 5.92 Å². The number of anilines is 1. The summed E-state index contributed by atoms with van der Waals surface area (Å²) in [7, 11) is 0. The zero-order valence-corrected chi connectivity index (χ0v) is 12.6. The summed E-state index contributed by atoms with van der Waals surface area (Å²) in [6.45, 7) is 3.42. The summed E-state index contributed by atoms with van der Waals surface area (Å²) >= 11 is 0. The van der Waals surface area contributed by atoms with Gasteiger partial charge in [0.05, 0.1) is 11.4 Å². The molecular formula is C17H20N4O. The number of carbonyl (C=O) groups is 1. The maximum Gasteiger partial charge on any atom is 0.229 e. The lowest BCUT2D eigenvalue weighted by atomic mass is 9.96. The van der Waals surface area contributed by atoms with E-state index in [9.17, 15) is 4.79 Å². The fraction of sp³-hybridized carbons (Fsp3) is 0.471. The SMILES string of the molecule is O=C(C1CN(c2ncnc3ccccc23)C1)N1CCCCC1. The van der Waals surface area contributed by atoms with Gasteiger partial charge in [0.15, 0.2) is 0 Å². The zero-order valence-electron chi connectivity index (χ0n) is 12.6. The lowest BCUT2D eigenvalue weighted by Crippen LogP contribution is -2.55. The Kier molecular flexibility index (Phi) is 3.41. The highest BCUT2D eigenvalue weighted by Crippen LogP contribution is 2.29. The molecule has 2 aliphatic heterocycles. The Hall–Kier alpha value is -2.17. The van der Waals surface area contributed by atoms with Crippen LogP contribution in [0.15, 0.2) is 30.6 Å². The molecule has 1 amide bonds. The molecule has 2 fully saturated rings. The van der Waals surface area contributed by atoms with Crippen LogP contribution in [0.5, 0.6) is 0 Å². The molecule has 22 heavy (non-hydrogen) atoms. The van der Waals surface area contributed by atoms with Gasteiger partial charge >= 0.3 is 0 Å². The molecular weight excluding hydrogens is 276 g/mol. The monoisotopic (exact) mass is 296 g/mol. The fourth-order valence-corrected chi connectivity index (χ4v) is 3.42. The number of nitrogens with zero attached hydrogens (tertiary/aromatic N) is 4. The van der Waals surface area contributed by atoms with Gasteiger partial charge in [-0.1, -0.05) is 12.1 Å². The highest BCUT2D eigenvalue weighted by atomic mass is 16.2. The number of aromatic nitrogens is 2. The summed E-state index contributed by atoms with van der Waals surface area (Å²) in [5, 5.41) is 1.06. The molecule has 2 aliphatic rings. The van der Waals surface area contributed by atoms with E-state index in [-0.39, 0.29) is 5.92 Å². The highest BCUT2D eigenvalue weighted by molar-refractivity contribution is 5.91. The van der Waals surface area contributed by atoms with E-state index in [4.69, 9.17) is 0 Å². The molecule has 1 aromatic heterocycles. The van der Waals surface area contributed by atoms with Gasteiger partial charge in [-0.25, -0.2) is 9.97 Å². The summed E-state index contributed by atoms with van der Waals surface area (Å²) in [6, 6.07) is 8.03. The van der Waals surface area contributed by atoms with E-state index in [1.807, 2.05) is 29.2 Å². The molecule has 0 spiro atoms. The van der Waals surface area contributed by atoms with Gasteiger partial charge in [-0.3, -0.25) is 4.79 Å². The van der Waals surface area contributed by atoms with Gasteiger partial charge in [-0.05, 0) is 31.4 Å². The van der Waals surface area contributed by atoms with Crippen molar-refractivity contribution >= 4 is 22.6 Å². The molecule has 5 heteroatoms. The summed E-state index contributed by atoms with van der Waals surface area (Å²) in [6.07, 6.45) is 5.17. The minimum atomic E-state index is 0.131. The third kappa shape index (κ3) is 2.30. The Morgan fingerprint density at radius 2 is 1.82 bits per heavy atom. The van der Waals surface area contributed by atoms with Crippen molar-refractivity contribution < 1.29 is 4.79 Å². The number of hydrogen-bond acceptors (Lipinski definition) is 4. The predicted octanol–water partition coefficient (Wildman–Crippen LogP) is 2.08. The average molecular weight is 296 g/mol. The number of para-hydroxylation sites is 1. The van der Waals surface area contributed by atoms with E-state index in [1.165, 1.54) is 6.42 Å². The van der Waals surface area contributed by atoms with Crippen LogP contribution in [0.3, 0.4) is 0 Å². The molecule has 0 aliphatic carbocycles. The Balaban J connectivity index is 1.47. The molecule has 0 saturated carbocycles. The van der Waals surface area contributed by atoms with Gasteiger partial charge in [0.2, 0.25) is 5.91 Å². The number of hydrogen-bond donors (Lipinski definition) is 0. The lowest BCUT2D eigenvalue weighted by Gasteiger charge is -2.42.